The molecule has 0 saturated carbocycles. The van der Waals surface area contributed by atoms with Crippen LogP contribution >= 0.6 is 11.3 Å². The number of aryl methyl sites for hydroxylation is 1. The highest BCUT2D eigenvalue weighted by Gasteiger charge is 2.12. The Morgan fingerprint density at radius 3 is 2.52 bits per heavy atom. The number of thiazole rings is 1. The summed E-state index contributed by atoms with van der Waals surface area (Å²) in [5.74, 6) is 0. The molecule has 0 aliphatic heterocycles. The molecule has 21 heavy (non-hydrogen) atoms. The molecule has 0 unspecified atom stereocenters. The fourth-order valence-electron chi connectivity index (χ4n) is 1.73. The summed E-state index contributed by atoms with van der Waals surface area (Å²) in [6, 6.07) is 6.74. The number of hydrogen-bond acceptors (Lipinski definition) is 5. The predicted octanol–water partition coefficient (Wildman–Crippen LogP) is 2.75. The predicted molar refractivity (Wildman–Crippen MR) is 86.1 cm³/mol. The summed E-state index contributed by atoms with van der Waals surface area (Å²) >= 11 is 1.64. The van der Waals surface area contributed by atoms with Gasteiger partial charge in [0.2, 0.25) is 10.0 Å². The molecule has 114 valence electrons. The van der Waals surface area contributed by atoms with Crippen molar-refractivity contribution in [3.8, 4) is 0 Å². The lowest BCUT2D eigenvalue weighted by atomic mass is 10.3. The minimum atomic E-state index is -3.39. The summed E-state index contributed by atoms with van der Waals surface area (Å²) in [6.45, 7) is 5.03. The third-order valence-electron chi connectivity index (χ3n) is 2.82. The van der Waals surface area contributed by atoms with E-state index in [0.717, 1.165) is 17.1 Å². The van der Waals surface area contributed by atoms with Crippen molar-refractivity contribution in [1.82, 2.24) is 9.71 Å². The number of rotatable bonds is 7. The molecular formula is C14H19N3O2S2. The molecule has 2 N–H and O–H groups in total. The van der Waals surface area contributed by atoms with E-state index in [1.165, 1.54) is 4.88 Å². The highest BCUT2D eigenvalue weighted by Crippen LogP contribution is 2.16. The molecule has 1 aromatic carbocycles. The quantitative estimate of drug-likeness (QED) is 0.821. The van der Waals surface area contributed by atoms with Gasteiger partial charge in [0.25, 0.3) is 0 Å². The lowest BCUT2D eigenvalue weighted by Gasteiger charge is -2.08. The first-order valence-electron chi connectivity index (χ1n) is 6.76. The van der Waals surface area contributed by atoms with Crippen LogP contribution in [-0.4, -0.2) is 19.9 Å². The van der Waals surface area contributed by atoms with Gasteiger partial charge in [-0.3, -0.25) is 0 Å². The Balaban J connectivity index is 1.98. The Morgan fingerprint density at radius 2 is 1.95 bits per heavy atom. The molecule has 2 aromatic rings. The molecule has 0 amide bonds. The maximum atomic E-state index is 11.9. The molecule has 1 heterocycles. The van der Waals surface area contributed by atoms with E-state index in [2.05, 4.69) is 15.0 Å². The van der Waals surface area contributed by atoms with Crippen LogP contribution in [0.25, 0.3) is 0 Å². The minimum absolute atomic E-state index is 0.284. The van der Waals surface area contributed by atoms with Gasteiger partial charge < -0.3 is 5.32 Å². The van der Waals surface area contributed by atoms with Gasteiger partial charge in [0.15, 0.2) is 0 Å². The number of nitrogens with one attached hydrogen (secondary N) is 2. The number of anilines is 1. The molecule has 0 atom stereocenters. The van der Waals surface area contributed by atoms with Gasteiger partial charge in [0, 0.05) is 23.3 Å². The summed E-state index contributed by atoms with van der Waals surface area (Å²) in [7, 11) is -3.39. The van der Waals surface area contributed by atoms with Crippen LogP contribution in [0.4, 0.5) is 5.69 Å². The van der Waals surface area contributed by atoms with Crippen molar-refractivity contribution >= 4 is 27.0 Å². The summed E-state index contributed by atoms with van der Waals surface area (Å²) in [4.78, 5) is 5.73. The van der Waals surface area contributed by atoms with Gasteiger partial charge in [-0.25, -0.2) is 18.1 Å². The minimum Gasteiger partial charge on any atom is -0.379 e. The third-order valence-corrected chi connectivity index (χ3v) is 5.21. The van der Waals surface area contributed by atoms with E-state index >= 15 is 0 Å². The van der Waals surface area contributed by atoms with Crippen molar-refractivity contribution in [2.75, 3.05) is 11.9 Å². The summed E-state index contributed by atoms with van der Waals surface area (Å²) in [5, 5.41) is 4.24. The van der Waals surface area contributed by atoms with E-state index in [4.69, 9.17) is 0 Å². The average molecular weight is 325 g/mol. The van der Waals surface area contributed by atoms with Crippen LogP contribution in [0, 0.1) is 6.92 Å². The zero-order chi connectivity index (χ0) is 15.3. The normalized spacial score (nSPS) is 11.5. The molecule has 0 spiro atoms. The average Bonchev–Trinajstić information content (AvgIpc) is 2.89. The van der Waals surface area contributed by atoms with Crippen LogP contribution in [0.2, 0.25) is 0 Å². The summed E-state index contributed by atoms with van der Waals surface area (Å²) in [5.41, 5.74) is 0.872. The second-order valence-electron chi connectivity index (χ2n) is 4.64. The Morgan fingerprint density at radius 1 is 1.24 bits per heavy atom. The molecule has 5 nitrogen and oxygen atoms in total. The van der Waals surface area contributed by atoms with Crippen molar-refractivity contribution < 1.29 is 8.42 Å². The van der Waals surface area contributed by atoms with Crippen LogP contribution < -0.4 is 10.0 Å². The van der Waals surface area contributed by atoms with E-state index in [-0.39, 0.29) is 4.90 Å². The fourth-order valence-corrected chi connectivity index (χ4v) is 3.59. The number of hydrogen-bond donors (Lipinski definition) is 2. The first-order valence-corrected chi connectivity index (χ1v) is 9.06. The van der Waals surface area contributed by atoms with Crippen LogP contribution in [0.3, 0.4) is 0 Å². The van der Waals surface area contributed by atoms with E-state index in [0.29, 0.717) is 13.1 Å². The first-order chi connectivity index (χ1) is 10.0. The van der Waals surface area contributed by atoms with Gasteiger partial charge in [-0.15, -0.1) is 11.3 Å². The standard InChI is InChI=1S/C14H19N3O2S2/c1-3-8-17-21(18,19)13-6-4-12(5-7-13)15-10-14-16-9-11(2)20-14/h4-7,9,15,17H,3,8,10H2,1-2H3. The zero-order valence-electron chi connectivity index (χ0n) is 12.1. The van der Waals surface area contributed by atoms with Gasteiger partial charge >= 0.3 is 0 Å². The highest BCUT2D eigenvalue weighted by atomic mass is 32.2. The van der Waals surface area contributed by atoms with Gasteiger partial charge in [-0.05, 0) is 37.6 Å². The Labute approximate surface area is 129 Å². The maximum absolute atomic E-state index is 11.9. The van der Waals surface area contributed by atoms with Crippen LogP contribution in [0.15, 0.2) is 35.4 Å². The number of sulfonamides is 1. The molecule has 0 bridgehead atoms. The van der Waals surface area contributed by atoms with Crippen molar-refractivity contribution in [1.29, 1.82) is 0 Å². The summed E-state index contributed by atoms with van der Waals surface area (Å²) < 4.78 is 26.4. The van der Waals surface area contributed by atoms with E-state index in [1.807, 2.05) is 20.0 Å². The van der Waals surface area contributed by atoms with Crippen LogP contribution in [-0.2, 0) is 16.6 Å². The molecule has 0 aliphatic carbocycles. The molecule has 0 radical (unpaired) electrons. The van der Waals surface area contributed by atoms with E-state index < -0.39 is 10.0 Å². The SMILES string of the molecule is CCCNS(=O)(=O)c1ccc(NCc2ncc(C)s2)cc1. The number of nitrogens with zero attached hydrogens (tertiary/aromatic N) is 1. The zero-order valence-corrected chi connectivity index (χ0v) is 13.7. The highest BCUT2D eigenvalue weighted by molar-refractivity contribution is 7.89. The second kappa shape index (κ2) is 7.02. The third kappa shape index (κ3) is 4.52. The molecule has 7 heteroatoms. The monoisotopic (exact) mass is 325 g/mol. The van der Waals surface area contributed by atoms with Gasteiger partial charge in [0.05, 0.1) is 11.4 Å². The van der Waals surface area contributed by atoms with Gasteiger partial charge in [0.1, 0.15) is 5.01 Å². The van der Waals surface area contributed by atoms with Crippen molar-refractivity contribution in [2.45, 2.75) is 31.7 Å². The van der Waals surface area contributed by atoms with Crippen molar-refractivity contribution in [3.05, 3.63) is 40.3 Å². The smallest absolute Gasteiger partial charge is 0.240 e. The number of aromatic nitrogens is 1. The van der Waals surface area contributed by atoms with Crippen LogP contribution in [0.5, 0.6) is 0 Å². The van der Waals surface area contributed by atoms with E-state index in [1.54, 1.807) is 35.6 Å². The largest absolute Gasteiger partial charge is 0.379 e. The molecule has 2 rings (SSSR count). The van der Waals surface area contributed by atoms with Gasteiger partial charge in [-0.2, -0.15) is 0 Å². The summed E-state index contributed by atoms with van der Waals surface area (Å²) in [6.07, 6.45) is 2.61. The second-order valence-corrected chi connectivity index (χ2v) is 7.73. The Kier molecular flexibility index (Phi) is 5.33. The number of benzene rings is 1. The van der Waals surface area contributed by atoms with Crippen molar-refractivity contribution in [3.63, 3.8) is 0 Å². The fraction of sp³-hybridized carbons (Fsp3) is 0.357. The molecule has 0 fully saturated rings. The molecule has 0 saturated heterocycles. The lowest BCUT2D eigenvalue weighted by Crippen LogP contribution is -2.24. The van der Waals surface area contributed by atoms with Crippen LogP contribution in [0.1, 0.15) is 23.2 Å². The van der Waals surface area contributed by atoms with Gasteiger partial charge in [-0.1, -0.05) is 6.92 Å². The van der Waals surface area contributed by atoms with Crippen molar-refractivity contribution in [2.24, 2.45) is 0 Å². The Hall–Kier alpha value is -1.44. The Bertz CT molecular complexity index is 678. The molecule has 0 aliphatic rings. The first kappa shape index (κ1) is 15.9. The maximum Gasteiger partial charge on any atom is 0.240 e. The molecule has 1 aromatic heterocycles. The lowest BCUT2D eigenvalue weighted by molar-refractivity contribution is 0.581. The topological polar surface area (TPSA) is 71.1 Å². The molecular weight excluding hydrogens is 306 g/mol. The van der Waals surface area contributed by atoms with E-state index in [9.17, 15) is 8.42 Å².